The summed E-state index contributed by atoms with van der Waals surface area (Å²) in [5, 5.41) is 13.6. The van der Waals surface area contributed by atoms with Gasteiger partial charge in [-0.25, -0.2) is 9.48 Å². The molecule has 1 N–H and O–H groups in total. The molecule has 2 aromatic carbocycles. The van der Waals surface area contributed by atoms with Crippen molar-refractivity contribution in [2.75, 3.05) is 7.11 Å². The van der Waals surface area contributed by atoms with Crippen molar-refractivity contribution in [3.05, 3.63) is 72.1 Å². The third kappa shape index (κ3) is 4.10. The highest BCUT2D eigenvalue weighted by molar-refractivity contribution is 5.97. The van der Waals surface area contributed by atoms with Crippen molar-refractivity contribution >= 4 is 11.9 Å². The predicted molar refractivity (Wildman–Crippen MR) is 92.6 cm³/mol. The number of carbonyl (C=O) groups excluding carboxylic acids is 2. The van der Waals surface area contributed by atoms with Crippen LogP contribution in [0.15, 0.2) is 60.9 Å². The maximum Gasteiger partial charge on any atom is 0.328 e. The summed E-state index contributed by atoms with van der Waals surface area (Å²) in [5.74, 6) is -0.855. The first-order chi connectivity index (χ1) is 12.7. The van der Waals surface area contributed by atoms with Crippen LogP contribution in [0.5, 0.6) is 0 Å². The molecule has 0 bridgehead atoms. The summed E-state index contributed by atoms with van der Waals surface area (Å²) in [6, 6.07) is 15.4. The van der Waals surface area contributed by atoms with Gasteiger partial charge in [-0.15, -0.1) is 5.10 Å². The van der Waals surface area contributed by atoms with Crippen molar-refractivity contribution < 1.29 is 14.3 Å². The zero-order valence-corrected chi connectivity index (χ0v) is 14.1. The molecule has 0 aliphatic carbocycles. The number of amides is 1. The van der Waals surface area contributed by atoms with Crippen LogP contribution in [0.1, 0.15) is 15.9 Å². The molecule has 1 atom stereocenters. The third-order valence-corrected chi connectivity index (χ3v) is 3.82. The van der Waals surface area contributed by atoms with Gasteiger partial charge in [0.1, 0.15) is 12.4 Å². The molecule has 132 valence electrons. The fourth-order valence-corrected chi connectivity index (χ4v) is 2.47. The number of benzene rings is 2. The lowest BCUT2D eigenvalue weighted by Gasteiger charge is -2.16. The molecule has 1 unspecified atom stereocenters. The smallest absolute Gasteiger partial charge is 0.328 e. The molecule has 8 nitrogen and oxygen atoms in total. The molecule has 0 radical (unpaired) electrons. The number of nitrogens with one attached hydrogen (secondary N) is 1. The number of methoxy groups -OCH3 is 1. The van der Waals surface area contributed by atoms with E-state index in [1.54, 1.807) is 24.3 Å². The fourth-order valence-electron chi connectivity index (χ4n) is 2.47. The molecule has 0 fully saturated rings. The first-order valence-corrected chi connectivity index (χ1v) is 7.93. The van der Waals surface area contributed by atoms with Gasteiger partial charge in [0, 0.05) is 12.0 Å². The van der Waals surface area contributed by atoms with Crippen molar-refractivity contribution in [1.29, 1.82) is 0 Å². The summed E-state index contributed by atoms with van der Waals surface area (Å²) in [7, 11) is 1.30. The lowest BCUT2D eigenvalue weighted by molar-refractivity contribution is -0.142. The van der Waals surface area contributed by atoms with Gasteiger partial charge in [0.2, 0.25) is 0 Å². The Labute approximate surface area is 149 Å². The quantitative estimate of drug-likeness (QED) is 0.670. The number of carbonyl (C=O) groups is 2. The Balaban J connectivity index is 1.71. The highest BCUT2D eigenvalue weighted by Crippen LogP contribution is 2.10. The van der Waals surface area contributed by atoms with Crippen molar-refractivity contribution in [2.45, 2.75) is 12.5 Å². The first kappa shape index (κ1) is 17.3. The molecule has 0 saturated heterocycles. The van der Waals surface area contributed by atoms with E-state index in [4.69, 9.17) is 4.74 Å². The van der Waals surface area contributed by atoms with Gasteiger partial charge in [-0.3, -0.25) is 4.79 Å². The molecule has 0 aliphatic heterocycles. The van der Waals surface area contributed by atoms with Crippen LogP contribution in [0, 0.1) is 0 Å². The molecule has 1 amide bonds. The molecule has 0 spiro atoms. The minimum atomic E-state index is -0.769. The Morgan fingerprint density at radius 1 is 1.12 bits per heavy atom. The third-order valence-electron chi connectivity index (χ3n) is 3.82. The largest absolute Gasteiger partial charge is 0.467 e. The van der Waals surface area contributed by atoms with Gasteiger partial charge in [0.15, 0.2) is 0 Å². The summed E-state index contributed by atoms with van der Waals surface area (Å²) in [4.78, 5) is 24.5. The molecular formula is C18H17N5O3. The van der Waals surface area contributed by atoms with E-state index in [1.165, 1.54) is 18.1 Å². The van der Waals surface area contributed by atoms with Gasteiger partial charge >= 0.3 is 5.97 Å². The normalized spacial score (nSPS) is 11.6. The number of hydrogen-bond acceptors (Lipinski definition) is 6. The van der Waals surface area contributed by atoms with Crippen LogP contribution in [-0.4, -0.2) is 45.2 Å². The van der Waals surface area contributed by atoms with E-state index >= 15 is 0 Å². The maximum atomic E-state index is 12.5. The van der Waals surface area contributed by atoms with Crippen LogP contribution in [0.3, 0.4) is 0 Å². The molecule has 8 heteroatoms. The molecule has 3 rings (SSSR count). The number of esters is 1. The minimum absolute atomic E-state index is 0.349. The standard InChI is InChI=1S/C18H17N5O3/c1-26-18(25)16(11-13-5-3-2-4-6-13)20-17(24)14-7-9-15(10-8-14)23-12-19-21-22-23/h2-10,12,16H,11H2,1H3,(H,20,24). The van der Waals surface area contributed by atoms with Gasteiger partial charge in [0.25, 0.3) is 5.91 Å². The monoisotopic (exact) mass is 351 g/mol. The average molecular weight is 351 g/mol. The van der Waals surface area contributed by atoms with Crippen LogP contribution in [0.2, 0.25) is 0 Å². The molecule has 0 aliphatic rings. The Bertz CT molecular complexity index is 864. The zero-order valence-electron chi connectivity index (χ0n) is 14.1. The molecule has 1 heterocycles. The summed E-state index contributed by atoms with van der Waals surface area (Å²) < 4.78 is 6.29. The van der Waals surface area contributed by atoms with Crippen molar-refractivity contribution in [2.24, 2.45) is 0 Å². The Morgan fingerprint density at radius 2 is 1.85 bits per heavy atom. The minimum Gasteiger partial charge on any atom is -0.467 e. The van der Waals surface area contributed by atoms with Crippen molar-refractivity contribution in [3.8, 4) is 5.69 Å². The number of aromatic nitrogens is 4. The molecule has 0 saturated carbocycles. The Hall–Kier alpha value is -3.55. The second-order valence-electron chi connectivity index (χ2n) is 5.54. The van der Waals surface area contributed by atoms with Gasteiger partial charge in [-0.1, -0.05) is 30.3 Å². The zero-order chi connectivity index (χ0) is 18.4. The first-order valence-electron chi connectivity index (χ1n) is 7.93. The van der Waals surface area contributed by atoms with E-state index in [1.807, 2.05) is 30.3 Å². The van der Waals surface area contributed by atoms with E-state index in [2.05, 4.69) is 20.8 Å². The summed E-state index contributed by atoms with van der Waals surface area (Å²) in [6.45, 7) is 0. The Morgan fingerprint density at radius 3 is 2.46 bits per heavy atom. The van der Waals surface area contributed by atoms with E-state index in [-0.39, 0.29) is 5.91 Å². The van der Waals surface area contributed by atoms with Crippen LogP contribution < -0.4 is 5.32 Å². The van der Waals surface area contributed by atoms with Crippen LogP contribution >= 0.6 is 0 Å². The van der Waals surface area contributed by atoms with Gasteiger partial charge in [-0.2, -0.15) is 0 Å². The second kappa shape index (κ2) is 8.02. The number of nitrogens with zero attached hydrogens (tertiary/aromatic N) is 4. The SMILES string of the molecule is COC(=O)C(Cc1ccccc1)NC(=O)c1ccc(-n2cnnn2)cc1. The van der Waals surface area contributed by atoms with Crippen LogP contribution in [-0.2, 0) is 16.0 Å². The lowest BCUT2D eigenvalue weighted by atomic mass is 10.1. The van der Waals surface area contributed by atoms with Crippen molar-refractivity contribution in [3.63, 3.8) is 0 Å². The molecule has 26 heavy (non-hydrogen) atoms. The molecular weight excluding hydrogens is 334 g/mol. The molecule has 1 aromatic heterocycles. The van der Waals surface area contributed by atoms with E-state index < -0.39 is 12.0 Å². The average Bonchev–Trinajstić information content (AvgIpc) is 3.22. The second-order valence-corrected chi connectivity index (χ2v) is 5.54. The number of rotatable bonds is 6. The highest BCUT2D eigenvalue weighted by atomic mass is 16.5. The number of tetrazole rings is 1. The fraction of sp³-hybridized carbons (Fsp3) is 0.167. The lowest BCUT2D eigenvalue weighted by Crippen LogP contribution is -2.43. The van der Waals surface area contributed by atoms with E-state index in [0.717, 1.165) is 11.3 Å². The van der Waals surface area contributed by atoms with Gasteiger partial charge in [-0.05, 0) is 40.3 Å². The molecule has 3 aromatic rings. The van der Waals surface area contributed by atoms with Gasteiger partial charge in [0.05, 0.1) is 12.8 Å². The topological polar surface area (TPSA) is 99.0 Å². The van der Waals surface area contributed by atoms with Crippen LogP contribution in [0.4, 0.5) is 0 Å². The predicted octanol–water partition coefficient (Wildman–Crippen LogP) is 1.18. The highest BCUT2D eigenvalue weighted by Gasteiger charge is 2.22. The summed E-state index contributed by atoms with van der Waals surface area (Å²) in [6.07, 6.45) is 1.81. The van der Waals surface area contributed by atoms with E-state index in [0.29, 0.717) is 12.0 Å². The van der Waals surface area contributed by atoms with Crippen LogP contribution in [0.25, 0.3) is 5.69 Å². The van der Waals surface area contributed by atoms with E-state index in [9.17, 15) is 9.59 Å². The van der Waals surface area contributed by atoms with Gasteiger partial charge < -0.3 is 10.1 Å². The summed E-state index contributed by atoms with van der Waals surface area (Å²) in [5.41, 5.74) is 2.07. The summed E-state index contributed by atoms with van der Waals surface area (Å²) >= 11 is 0. The number of hydrogen-bond donors (Lipinski definition) is 1. The van der Waals surface area contributed by atoms with Crippen molar-refractivity contribution in [1.82, 2.24) is 25.5 Å². The maximum absolute atomic E-state index is 12.5. The number of ether oxygens (including phenoxy) is 1. The Kier molecular flexibility index (Phi) is 5.33.